The summed E-state index contributed by atoms with van der Waals surface area (Å²) in [6, 6.07) is 12.3. The summed E-state index contributed by atoms with van der Waals surface area (Å²) in [5.74, 6) is -1.27. The highest BCUT2D eigenvalue weighted by atomic mass is 16.6. The van der Waals surface area contributed by atoms with Crippen molar-refractivity contribution in [2.75, 3.05) is 7.11 Å². The fraction of sp³-hybridized carbons (Fsp3) is 0.344. The van der Waals surface area contributed by atoms with E-state index in [9.17, 15) is 19.2 Å². The predicted molar refractivity (Wildman–Crippen MR) is 158 cm³/mol. The molecule has 220 valence electrons. The van der Waals surface area contributed by atoms with Crippen LogP contribution in [0.15, 0.2) is 59.7 Å². The third kappa shape index (κ3) is 6.27. The van der Waals surface area contributed by atoms with Gasteiger partial charge in [0.05, 0.1) is 24.4 Å². The predicted octanol–water partition coefficient (Wildman–Crippen LogP) is 5.78. The highest BCUT2D eigenvalue weighted by Gasteiger charge is 2.26. The molecule has 0 saturated carbocycles. The number of carbonyl (C=O) groups is 3. The van der Waals surface area contributed by atoms with Gasteiger partial charge in [-0.1, -0.05) is 39.0 Å². The van der Waals surface area contributed by atoms with Crippen molar-refractivity contribution in [3.63, 3.8) is 0 Å². The van der Waals surface area contributed by atoms with Crippen LogP contribution in [0.5, 0.6) is 0 Å². The second-order valence-corrected chi connectivity index (χ2v) is 12.0. The molecule has 0 amide bonds. The maximum Gasteiger partial charge on any atom is 0.419 e. The zero-order chi connectivity index (χ0) is 31.0. The van der Waals surface area contributed by atoms with Crippen LogP contribution in [0.25, 0.3) is 27.6 Å². The number of fused-ring (bicyclic) bond motifs is 1. The summed E-state index contributed by atoms with van der Waals surface area (Å²) in [6.07, 6.45) is 2.30. The van der Waals surface area contributed by atoms with Crippen LogP contribution in [-0.2, 0) is 31.0 Å². The molecule has 0 aliphatic carbocycles. The molecule has 0 radical (unpaired) electrons. The lowest BCUT2D eigenvalue weighted by Gasteiger charge is -2.20. The SMILES string of the molecule is COC(=O)c1cc(-c2cccc(-n3ncc4cc(C(C)(C)C)ccc4c3=O)c2COC(C)=O)cn1C(=O)OC(C)(C)C. The van der Waals surface area contributed by atoms with Gasteiger partial charge in [-0.05, 0) is 61.6 Å². The molecule has 2 aromatic carbocycles. The second kappa shape index (κ2) is 11.3. The first-order valence-corrected chi connectivity index (χ1v) is 13.4. The Morgan fingerprint density at radius 3 is 2.31 bits per heavy atom. The van der Waals surface area contributed by atoms with E-state index in [1.54, 1.807) is 51.2 Å². The Morgan fingerprint density at radius 2 is 1.69 bits per heavy atom. The number of hydrogen-bond acceptors (Lipinski definition) is 8. The van der Waals surface area contributed by atoms with Gasteiger partial charge in [0, 0.05) is 29.6 Å². The van der Waals surface area contributed by atoms with Crippen LogP contribution < -0.4 is 5.56 Å². The van der Waals surface area contributed by atoms with E-state index in [1.807, 2.05) is 12.1 Å². The van der Waals surface area contributed by atoms with Crippen molar-refractivity contribution < 1.29 is 28.6 Å². The molecule has 0 bridgehead atoms. The summed E-state index contributed by atoms with van der Waals surface area (Å²) >= 11 is 0. The van der Waals surface area contributed by atoms with Crippen molar-refractivity contribution in [1.29, 1.82) is 0 Å². The molecular formula is C32H35N3O7. The van der Waals surface area contributed by atoms with Crippen LogP contribution in [0, 0.1) is 0 Å². The topological polar surface area (TPSA) is 119 Å². The molecule has 10 heteroatoms. The third-order valence-electron chi connectivity index (χ3n) is 6.57. The van der Waals surface area contributed by atoms with Gasteiger partial charge >= 0.3 is 18.0 Å². The van der Waals surface area contributed by atoms with Gasteiger partial charge in [0.25, 0.3) is 5.56 Å². The van der Waals surface area contributed by atoms with Crippen molar-refractivity contribution in [2.24, 2.45) is 0 Å². The first-order valence-electron chi connectivity index (χ1n) is 13.4. The Kier molecular flexibility index (Phi) is 8.11. The number of methoxy groups -OCH3 is 1. The molecule has 2 heterocycles. The average Bonchev–Trinajstić information content (AvgIpc) is 3.35. The Bertz CT molecular complexity index is 1750. The van der Waals surface area contributed by atoms with Crippen LogP contribution in [-0.4, -0.2) is 45.1 Å². The standard InChI is InChI=1S/C32H35N3O7/c1-19(36)41-18-25-23(21-15-27(29(38)40-8)34(17-21)30(39)42-32(5,6)7)10-9-11-26(25)35-28(37)24-13-12-22(31(2,3)4)14-20(24)16-33-35/h9-17H,18H2,1-8H3. The first kappa shape index (κ1) is 30.2. The Labute approximate surface area is 243 Å². The van der Waals surface area contributed by atoms with Gasteiger partial charge in [-0.15, -0.1) is 0 Å². The lowest BCUT2D eigenvalue weighted by molar-refractivity contribution is -0.142. The van der Waals surface area contributed by atoms with Gasteiger partial charge in [0.2, 0.25) is 0 Å². The number of benzene rings is 2. The van der Waals surface area contributed by atoms with Gasteiger partial charge in [0.1, 0.15) is 17.9 Å². The van der Waals surface area contributed by atoms with E-state index in [0.717, 1.165) is 10.1 Å². The maximum atomic E-state index is 13.7. The van der Waals surface area contributed by atoms with Crippen molar-refractivity contribution >= 4 is 28.8 Å². The van der Waals surface area contributed by atoms with E-state index < -0.39 is 23.6 Å². The van der Waals surface area contributed by atoms with Crippen molar-refractivity contribution in [3.8, 4) is 16.8 Å². The Morgan fingerprint density at radius 1 is 0.976 bits per heavy atom. The fourth-order valence-electron chi connectivity index (χ4n) is 4.49. The highest BCUT2D eigenvalue weighted by Crippen LogP contribution is 2.32. The fourth-order valence-corrected chi connectivity index (χ4v) is 4.49. The number of aromatic nitrogens is 3. The molecular weight excluding hydrogens is 538 g/mol. The monoisotopic (exact) mass is 573 g/mol. The van der Waals surface area contributed by atoms with E-state index in [4.69, 9.17) is 14.2 Å². The largest absolute Gasteiger partial charge is 0.464 e. The molecule has 0 aliphatic rings. The zero-order valence-corrected chi connectivity index (χ0v) is 25.1. The van der Waals surface area contributed by atoms with Crippen LogP contribution in [0.1, 0.15) is 70.1 Å². The number of esters is 2. The molecule has 0 unspecified atom stereocenters. The molecule has 2 aromatic heterocycles. The van der Waals surface area contributed by atoms with Gasteiger partial charge in [-0.3, -0.25) is 9.59 Å². The van der Waals surface area contributed by atoms with Crippen LogP contribution in [0.4, 0.5) is 4.79 Å². The Hall–Kier alpha value is -4.73. The minimum absolute atomic E-state index is 0.0544. The second-order valence-electron chi connectivity index (χ2n) is 12.0. The van der Waals surface area contributed by atoms with Crippen molar-refractivity contribution in [3.05, 3.63) is 82.0 Å². The van der Waals surface area contributed by atoms with E-state index in [2.05, 4.69) is 25.9 Å². The van der Waals surface area contributed by atoms with E-state index in [-0.39, 0.29) is 23.3 Å². The van der Waals surface area contributed by atoms with Crippen molar-refractivity contribution in [1.82, 2.24) is 14.3 Å². The highest BCUT2D eigenvalue weighted by molar-refractivity contribution is 5.94. The Balaban J connectivity index is 1.92. The quantitative estimate of drug-likeness (QED) is 0.218. The third-order valence-corrected chi connectivity index (χ3v) is 6.57. The maximum absolute atomic E-state index is 13.7. The number of nitrogens with zero attached hydrogens (tertiary/aromatic N) is 3. The molecule has 0 atom stereocenters. The normalized spacial score (nSPS) is 11.8. The lowest BCUT2D eigenvalue weighted by Crippen LogP contribution is -2.28. The number of rotatable bonds is 5. The number of carbonyl (C=O) groups excluding carboxylic acids is 3. The number of ether oxygens (including phenoxy) is 3. The summed E-state index contributed by atoms with van der Waals surface area (Å²) in [6.45, 7) is 12.5. The van der Waals surface area contributed by atoms with Gasteiger partial charge < -0.3 is 14.2 Å². The molecule has 4 aromatic rings. The van der Waals surface area contributed by atoms with E-state index in [0.29, 0.717) is 33.2 Å². The molecule has 0 aliphatic heterocycles. The smallest absolute Gasteiger partial charge is 0.419 e. The van der Waals surface area contributed by atoms with Crippen LogP contribution >= 0.6 is 0 Å². The molecule has 0 N–H and O–H groups in total. The van der Waals surface area contributed by atoms with Gasteiger partial charge in [-0.2, -0.15) is 9.78 Å². The minimum Gasteiger partial charge on any atom is -0.464 e. The summed E-state index contributed by atoms with van der Waals surface area (Å²) in [4.78, 5) is 51.2. The average molecular weight is 574 g/mol. The molecule has 42 heavy (non-hydrogen) atoms. The number of hydrogen-bond donors (Lipinski definition) is 0. The summed E-state index contributed by atoms with van der Waals surface area (Å²) in [5.41, 5.74) is 1.53. The molecule has 4 rings (SSSR count). The van der Waals surface area contributed by atoms with E-state index >= 15 is 0 Å². The van der Waals surface area contributed by atoms with Crippen LogP contribution in [0.2, 0.25) is 0 Å². The van der Waals surface area contributed by atoms with Gasteiger partial charge in [-0.25, -0.2) is 14.2 Å². The summed E-state index contributed by atoms with van der Waals surface area (Å²) < 4.78 is 18.1. The molecule has 10 nitrogen and oxygen atoms in total. The molecule has 0 spiro atoms. The van der Waals surface area contributed by atoms with Crippen molar-refractivity contribution in [2.45, 2.75) is 66.1 Å². The summed E-state index contributed by atoms with van der Waals surface area (Å²) in [5, 5.41) is 5.65. The van der Waals surface area contributed by atoms with Crippen LogP contribution in [0.3, 0.4) is 0 Å². The molecule has 0 saturated heterocycles. The molecule has 0 fully saturated rings. The lowest BCUT2D eigenvalue weighted by atomic mass is 9.86. The van der Waals surface area contributed by atoms with Gasteiger partial charge in [0.15, 0.2) is 0 Å². The first-order chi connectivity index (χ1) is 19.6. The summed E-state index contributed by atoms with van der Waals surface area (Å²) in [7, 11) is 1.21. The van der Waals surface area contributed by atoms with E-state index in [1.165, 1.54) is 31.0 Å². The zero-order valence-electron chi connectivity index (χ0n) is 25.1. The minimum atomic E-state index is -0.814.